The molecule has 0 unspecified atom stereocenters. The van der Waals surface area contributed by atoms with E-state index in [0.29, 0.717) is 12.1 Å². The third-order valence-corrected chi connectivity index (χ3v) is 3.94. The highest BCUT2D eigenvalue weighted by molar-refractivity contribution is 5.93. The molecule has 0 aromatic carbocycles. The summed E-state index contributed by atoms with van der Waals surface area (Å²) in [7, 11) is 0. The number of aromatic nitrogens is 2. The Morgan fingerprint density at radius 3 is 3.05 bits per heavy atom. The Hall–Kier alpha value is -2.47. The normalized spacial score (nSPS) is 13.5. The molecule has 6 nitrogen and oxygen atoms in total. The average molecular weight is 298 g/mol. The van der Waals surface area contributed by atoms with Gasteiger partial charge in [0.15, 0.2) is 0 Å². The number of carbonyl (C=O) groups is 1. The van der Waals surface area contributed by atoms with Crippen LogP contribution < -0.4 is 16.2 Å². The molecule has 6 heteroatoms. The number of pyridine rings is 2. The number of carbonyl (C=O) groups excluding carboxylic acids is 1. The van der Waals surface area contributed by atoms with Gasteiger partial charge in [0.2, 0.25) is 5.56 Å². The number of nitrogens with zero attached hydrogens (tertiary/aromatic N) is 1. The highest BCUT2D eigenvalue weighted by Gasteiger charge is 2.16. The molecule has 0 saturated carbocycles. The molecule has 0 atom stereocenters. The van der Waals surface area contributed by atoms with Gasteiger partial charge in [-0.2, -0.15) is 0 Å². The Balaban J connectivity index is 1.77. The van der Waals surface area contributed by atoms with E-state index >= 15 is 0 Å². The zero-order chi connectivity index (χ0) is 15.5. The zero-order valence-corrected chi connectivity index (χ0v) is 12.4. The van der Waals surface area contributed by atoms with Crippen LogP contribution in [0.2, 0.25) is 0 Å². The van der Waals surface area contributed by atoms with Crippen LogP contribution in [-0.2, 0) is 19.5 Å². The summed E-state index contributed by atoms with van der Waals surface area (Å²) in [6.45, 7) is 4.17. The van der Waals surface area contributed by atoms with Gasteiger partial charge in [0.25, 0.3) is 5.91 Å². The Kier molecular flexibility index (Phi) is 4.02. The van der Waals surface area contributed by atoms with E-state index in [9.17, 15) is 9.59 Å². The highest BCUT2D eigenvalue weighted by atomic mass is 16.1. The van der Waals surface area contributed by atoms with E-state index in [-0.39, 0.29) is 11.5 Å². The van der Waals surface area contributed by atoms with Crippen LogP contribution in [0.5, 0.6) is 0 Å². The summed E-state index contributed by atoms with van der Waals surface area (Å²) in [6, 6.07) is 2.86. The molecule has 2 aromatic rings. The van der Waals surface area contributed by atoms with Crippen LogP contribution in [0.3, 0.4) is 0 Å². The number of rotatable bonds is 3. The van der Waals surface area contributed by atoms with Gasteiger partial charge in [-0.25, -0.2) is 0 Å². The third-order valence-electron chi connectivity index (χ3n) is 3.94. The first kappa shape index (κ1) is 14.5. The van der Waals surface area contributed by atoms with Crippen molar-refractivity contribution in [2.75, 3.05) is 6.54 Å². The molecule has 114 valence electrons. The fourth-order valence-electron chi connectivity index (χ4n) is 2.70. The van der Waals surface area contributed by atoms with Crippen LogP contribution in [-0.4, -0.2) is 22.4 Å². The van der Waals surface area contributed by atoms with Crippen molar-refractivity contribution >= 4 is 5.91 Å². The first-order valence-electron chi connectivity index (χ1n) is 7.29. The Bertz CT molecular complexity index is 747. The van der Waals surface area contributed by atoms with Gasteiger partial charge in [-0.3, -0.25) is 14.6 Å². The summed E-state index contributed by atoms with van der Waals surface area (Å²) in [4.78, 5) is 30.1. The second-order valence-corrected chi connectivity index (χ2v) is 5.38. The Morgan fingerprint density at radius 1 is 1.41 bits per heavy atom. The van der Waals surface area contributed by atoms with Crippen LogP contribution in [0, 0.1) is 6.92 Å². The monoisotopic (exact) mass is 298 g/mol. The van der Waals surface area contributed by atoms with E-state index in [4.69, 9.17) is 0 Å². The maximum atomic E-state index is 12.1. The average Bonchev–Trinajstić information content (AvgIpc) is 2.54. The van der Waals surface area contributed by atoms with Crippen molar-refractivity contribution in [1.82, 2.24) is 20.6 Å². The van der Waals surface area contributed by atoms with Crippen LogP contribution in [0.1, 0.15) is 32.7 Å². The largest absolute Gasteiger partial charge is 0.348 e. The topological polar surface area (TPSA) is 86.9 Å². The van der Waals surface area contributed by atoms with E-state index in [1.807, 2.05) is 13.1 Å². The number of amides is 1. The summed E-state index contributed by atoms with van der Waals surface area (Å²) in [5.41, 5.74) is 4.75. The lowest BCUT2D eigenvalue weighted by molar-refractivity contribution is 0.0950. The van der Waals surface area contributed by atoms with Gasteiger partial charge in [-0.05, 0) is 42.6 Å². The Labute approximate surface area is 128 Å². The molecule has 3 heterocycles. The fourth-order valence-corrected chi connectivity index (χ4v) is 2.70. The number of fused-ring (bicyclic) bond motifs is 1. The number of H-pyrrole nitrogens is 1. The lowest BCUT2D eigenvalue weighted by atomic mass is 9.96. The molecular weight excluding hydrogens is 280 g/mol. The van der Waals surface area contributed by atoms with Crippen molar-refractivity contribution in [1.29, 1.82) is 0 Å². The van der Waals surface area contributed by atoms with Gasteiger partial charge >= 0.3 is 0 Å². The number of aryl methyl sites for hydroxylation is 1. The van der Waals surface area contributed by atoms with Gasteiger partial charge in [0.1, 0.15) is 0 Å². The molecular formula is C16H18N4O2. The highest BCUT2D eigenvalue weighted by Crippen LogP contribution is 2.20. The lowest BCUT2D eigenvalue weighted by Crippen LogP contribution is -2.29. The summed E-state index contributed by atoms with van der Waals surface area (Å²) in [5.74, 6) is -0.206. The number of aromatic amines is 1. The molecule has 3 rings (SSSR count). The van der Waals surface area contributed by atoms with E-state index in [2.05, 4.69) is 20.6 Å². The maximum absolute atomic E-state index is 12.1. The van der Waals surface area contributed by atoms with Crippen molar-refractivity contribution in [2.24, 2.45) is 0 Å². The molecule has 22 heavy (non-hydrogen) atoms. The van der Waals surface area contributed by atoms with Crippen LogP contribution in [0.15, 0.2) is 29.3 Å². The number of hydrogen-bond acceptors (Lipinski definition) is 4. The molecule has 0 bridgehead atoms. The minimum absolute atomic E-state index is 0.206. The first-order chi connectivity index (χ1) is 10.6. The zero-order valence-electron chi connectivity index (χ0n) is 12.4. The molecule has 1 aliphatic heterocycles. The van der Waals surface area contributed by atoms with Crippen molar-refractivity contribution in [3.63, 3.8) is 0 Å². The molecule has 0 spiro atoms. The standard InChI is InChI=1S/C16H18N4O2/c1-10-14(13-4-5-17-6-12(13)8-18-10)9-20-16(22)11-2-3-15(21)19-7-11/h2-3,7-8,17H,4-6,9H2,1H3,(H,19,21)(H,20,22). The predicted octanol–water partition coefficient (Wildman–Crippen LogP) is 0.654. The molecule has 2 aromatic heterocycles. The third kappa shape index (κ3) is 2.92. The van der Waals surface area contributed by atoms with Gasteiger partial charge < -0.3 is 15.6 Å². The molecule has 0 radical (unpaired) electrons. The SMILES string of the molecule is Cc1ncc2c(c1CNC(=O)c1ccc(=O)[nH]c1)CCNC2. The van der Waals surface area contributed by atoms with Crippen molar-refractivity contribution in [3.8, 4) is 0 Å². The van der Waals surface area contributed by atoms with Crippen molar-refractivity contribution in [2.45, 2.75) is 26.4 Å². The van der Waals surface area contributed by atoms with E-state index in [1.54, 1.807) is 0 Å². The number of hydrogen-bond donors (Lipinski definition) is 3. The van der Waals surface area contributed by atoms with E-state index in [1.165, 1.54) is 29.5 Å². The molecule has 1 amide bonds. The lowest BCUT2D eigenvalue weighted by Gasteiger charge is -2.21. The molecule has 3 N–H and O–H groups in total. The summed E-state index contributed by atoms with van der Waals surface area (Å²) in [6.07, 6.45) is 4.28. The van der Waals surface area contributed by atoms with Crippen LogP contribution in [0.25, 0.3) is 0 Å². The maximum Gasteiger partial charge on any atom is 0.253 e. The minimum atomic E-state index is -0.221. The smallest absolute Gasteiger partial charge is 0.253 e. The quantitative estimate of drug-likeness (QED) is 0.776. The predicted molar refractivity (Wildman–Crippen MR) is 82.6 cm³/mol. The second-order valence-electron chi connectivity index (χ2n) is 5.38. The number of nitrogens with one attached hydrogen (secondary N) is 3. The molecule has 0 aliphatic carbocycles. The van der Waals surface area contributed by atoms with Gasteiger partial charge in [-0.1, -0.05) is 0 Å². The van der Waals surface area contributed by atoms with Gasteiger partial charge in [-0.15, -0.1) is 0 Å². The van der Waals surface area contributed by atoms with E-state index < -0.39 is 0 Å². The summed E-state index contributed by atoms with van der Waals surface area (Å²) >= 11 is 0. The van der Waals surface area contributed by atoms with Gasteiger partial charge in [0.05, 0.1) is 5.56 Å². The van der Waals surface area contributed by atoms with Crippen molar-refractivity contribution in [3.05, 3.63) is 62.8 Å². The van der Waals surface area contributed by atoms with Crippen LogP contribution in [0.4, 0.5) is 0 Å². The first-order valence-corrected chi connectivity index (χ1v) is 7.29. The van der Waals surface area contributed by atoms with Crippen LogP contribution >= 0.6 is 0 Å². The fraction of sp³-hybridized carbons (Fsp3) is 0.312. The van der Waals surface area contributed by atoms with E-state index in [0.717, 1.165) is 30.8 Å². The summed E-state index contributed by atoms with van der Waals surface area (Å²) < 4.78 is 0. The molecule has 0 saturated heterocycles. The second kappa shape index (κ2) is 6.11. The molecule has 0 fully saturated rings. The Morgan fingerprint density at radius 2 is 2.27 bits per heavy atom. The molecule has 1 aliphatic rings. The van der Waals surface area contributed by atoms with Gasteiger partial charge in [0, 0.05) is 37.2 Å². The minimum Gasteiger partial charge on any atom is -0.348 e. The summed E-state index contributed by atoms with van der Waals surface area (Å²) in [5, 5.41) is 6.23. The van der Waals surface area contributed by atoms with Crippen molar-refractivity contribution < 1.29 is 4.79 Å².